The van der Waals surface area contributed by atoms with Crippen molar-refractivity contribution < 1.29 is 4.79 Å². The van der Waals surface area contributed by atoms with Gasteiger partial charge in [-0.05, 0) is 28.1 Å². The predicted molar refractivity (Wildman–Crippen MR) is 65.1 cm³/mol. The molecule has 2 heterocycles. The number of carbonyl (C=O) groups is 1. The molecule has 0 spiro atoms. The van der Waals surface area contributed by atoms with Gasteiger partial charge in [-0.25, -0.2) is 0 Å². The molecule has 1 aliphatic heterocycles. The maximum absolute atomic E-state index is 11.2. The van der Waals surface area contributed by atoms with Crippen molar-refractivity contribution in [3.8, 4) is 0 Å². The summed E-state index contributed by atoms with van der Waals surface area (Å²) in [5, 5.41) is 2.82. The van der Waals surface area contributed by atoms with Crippen molar-refractivity contribution in [1.82, 2.24) is 15.2 Å². The van der Waals surface area contributed by atoms with E-state index < -0.39 is 0 Å². The first-order chi connectivity index (χ1) is 7.74. The summed E-state index contributed by atoms with van der Waals surface area (Å²) in [6.45, 7) is 3.09. The topological polar surface area (TPSA) is 45.2 Å². The van der Waals surface area contributed by atoms with Crippen molar-refractivity contribution in [3.05, 3.63) is 28.5 Å². The summed E-state index contributed by atoms with van der Waals surface area (Å²) in [5.41, 5.74) is 1.06. The van der Waals surface area contributed by atoms with E-state index in [1.54, 1.807) is 6.20 Å². The molecule has 1 N–H and O–H groups in total. The molecular weight excluding hydrogens is 270 g/mol. The molecule has 16 heavy (non-hydrogen) atoms. The third kappa shape index (κ3) is 3.28. The van der Waals surface area contributed by atoms with Gasteiger partial charge in [0.25, 0.3) is 0 Å². The summed E-state index contributed by atoms with van der Waals surface area (Å²) in [7, 11) is 0. The van der Waals surface area contributed by atoms with Crippen molar-refractivity contribution in [2.24, 2.45) is 0 Å². The Morgan fingerprint density at radius 3 is 3.06 bits per heavy atom. The highest BCUT2D eigenvalue weighted by Gasteiger charge is 2.15. The molecule has 1 saturated heterocycles. The van der Waals surface area contributed by atoms with E-state index in [2.05, 4.69) is 31.1 Å². The Morgan fingerprint density at radius 1 is 1.50 bits per heavy atom. The monoisotopic (exact) mass is 283 g/mol. The van der Waals surface area contributed by atoms with Gasteiger partial charge in [0, 0.05) is 42.4 Å². The van der Waals surface area contributed by atoms with Gasteiger partial charge in [0.15, 0.2) is 0 Å². The fraction of sp³-hybridized carbons (Fsp3) is 0.455. The zero-order valence-corrected chi connectivity index (χ0v) is 10.5. The number of nitrogens with one attached hydrogen (secondary N) is 1. The van der Waals surface area contributed by atoms with E-state index in [0.717, 1.165) is 36.2 Å². The molecule has 0 saturated carbocycles. The van der Waals surface area contributed by atoms with Crippen LogP contribution in [0.4, 0.5) is 0 Å². The van der Waals surface area contributed by atoms with Crippen molar-refractivity contribution in [2.45, 2.75) is 6.42 Å². The molecule has 0 aliphatic carbocycles. The Hall–Kier alpha value is -0.940. The van der Waals surface area contributed by atoms with Gasteiger partial charge in [-0.3, -0.25) is 14.7 Å². The number of nitrogens with zero attached hydrogens (tertiary/aromatic N) is 2. The fourth-order valence-corrected chi connectivity index (χ4v) is 1.94. The minimum absolute atomic E-state index is 0.120. The Bertz CT molecular complexity index is 366. The van der Waals surface area contributed by atoms with Crippen LogP contribution in [0, 0.1) is 0 Å². The Kier molecular flexibility index (Phi) is 3.90. The Morgan fingerprint density at radius 2 is 2.38 bits per heavy atom. The summed E-state index contributed by atoms with van der Waals surface area (Å²) in [6, 6.07) is 4.00. The molecule has 4 nitrogen and oxygen atoms in total. The number of carbonyl (C=O) groups excluding carboxylic acids is 1. The number of pyridine rings is 1. The van der Waals surface area contributed by atoms with Crippen LogP contribution in [0.5, 0.6) is 0 Å². The van der Waals surface area contributed by atoms with Crippen molar-refractivity contribution >= 4 is 21.8 Å². The predicted octanol–water partition coefficient (Wildman–Crippen LogP) is 0.818. The van der Waals surface area contributed by atoms with Crippen LogP contribution in [0.3, 0.4) is 0 Å². The molecule has 1 amide bonds. The molecule has 5 heteroatoms. The van der Waals surface area contributed by atoms with Crippen molar-refractivity contribution in [1.29, 1.82) is 0 Å². The lowest BCUT2D eigenvalue weighted by molar-refractivity contribution is -0.124. The van der Waals surface area contributed by atoms with Gasteiger partial charge >= 0.3 is 0 Å². The standard InChI is InChI=1S/C11H14BrN3O/c12-9-1-2-10(14-7-9)3-5-15-6-4-13-11(16)8-15/h1-2,7H,3-6,8H2,(H,13,16). The molecule has 0 bridgehead atoms. The maximum Gasteiger partial charge on any atom is 0.234 e. The third-order valence-corrected chi connectivity index (χ3v) is 3.06. The molecule has 1 aromatic rings. The van der Waals surface area contributed by atoms with Crippen LogP contribution >= 0.6 is 15.9 Å². The van der Waals surface area contributed by atoms with Gasteiger partial charge in [0.05, 0.1) is 6.54 Å². The molecule has 1 fully saturated rings. The average Bonchev–Trinajstić information content (AvgIpc) is 2.28. The highest BCUT2D eigenvalue weighted by Crippen LogP contribution is 2.08. The Labute approximate surface area is 103 Å². The number of hydrogen-bond donors (Lipinski definition) is 1. The van der Waals surface area contributed by atoms with Crippen LogP contribution in [-0.4, -0.2) is 42.0 Å². The third-order valence-electron chi connectivity index (χ3n) is 2.59. The van der Waals surface area contributed by atoms with Gasteiger partial charge in [0.2, 0.25) is 5.91 Å². The molecule has 0 unspecified atom stereocenters. The zero-order valence-electron chi connectivity index (χ0n) is 8.95. The minimum Gasteiger partial charge on any atom is -0.354 e. The molecule has 0 radical (unpaired) electrons. The lowest BCUT2D eigenvalue weighted by Crippen LogP contribution is -2.48. The van der Waals surface area contributed by atoms with Crippen LogP contribution < -0.4 is 5.32 Å². The van der Waals surface area contributed by atoms with Gasteiger partial charge in [-0.15, -0.1) is 0 Å². The number of hydrogen-bond acceptors (Lipinski definition) is 3. The summed E-state index contributed by atoms with van der Waals surface area (Å²) in [6.07, 6.45) is 2.69. The van der Waals surface area contributed by atoms with Crippen LogP contribution in [0.2, 0.25) is 0 Å². The average molecular weight is 284 g/mol. The number of aromatic nitrogens is 1. The fourth-order valence-electron chi connectivity index (χ4n) is 1.71. The second-order valence-corrected chi connectivity index (χ2v) is 4.76. The van der Waals surface area contributed by atoms with E-state index in [0.29, 0.717) is 6.54 Å². The highest BCUT2D eigenvalue weighted by molar-refractivity contribution is 9.10. The highest BCUT2D eigenvalue weighted by atomic mass is 79.9. The first-order valence-electron chi connectivity index (χ1n) is 5.33. The van der Waals surface area contributed by atoms with Gasteiger partial charge in [-0.2, -0.15) is 0 Å². The molecule has 1 aromatic heterocycles. The number of piperazine rings is 1. The lowest BCUT2D eigenvalue weighted by Gasteiger charge is -2.26. The van der Waals surface area contributed by atoms with Gasteiger partial charge in [-0.1, -0.05) is 0 Å². The van der Waals surface area contributed by atoms with Crippen LogP contribution in [0.15, 0.2) is 22.8 Å². The summed E-state index contributed by atoms with van der Waals surface area (Å²) < 4.78 is 0.994. The molecule has 86 valence electrons. The maximum atomic E-state index is 11.2. The molecule has 0 aromatic carbocycles. The Balaban J connectivity index is 1.82. The first-order valence-corrected chi connectivity index (χ1v) is 6.13. The second kappa shape index (κ2) is 5.41. The smallest absolute Gasteiger partial charge is 0.234 e. The SMILES string of the molecule is O=C1CN(CCc2ccc(Br)cn2)CCN1. The number of amides is 1. The van der Waals surface area contributed by atoms with E-state index in [9.17, 15) is 4.79 Å². The minimum atomic E-state index is 0.120. The lowest BCUT2D eigenvalue weighted by atomic mass is 10.2. The van der Waals surface area contributed by atoms with E-state index in [4.69, 9.17) is 0 Å². The largest absolute Gasteiger partial charge is 0.354 e. The van der Waals surface area contributed by atoms with Crippen LogP contribution in [0.1, 0.15) is 5.69 Å². The number of rotatable bonds is 3. The second-order valence-electron chi connectivity index (χ2n) is 3.84. The molecule has 2 rings (SSSR count). The van der Waals surface area contributed by atoms with Gasteiger partial charge in [0.1, 0.15) is 0 Å². The van der Waals surface area contributed by atoms with E-state index >= 15 is 0 Å². The molecule has 0 atom stereocenters. The van der Waals surface area contributed by atoms with Crippen LogP contribution in [0.25, 0.3) is 0 Å². The van der Waals surface area contributed by atoms with Crippen molar-refractivity contribution in [3.63, 3.8) is 0 Å². The van der Waals surface area contributed by atoms with E-state index in [-0.39, 0.29) is 5.91 Å². The van der Waals surface area contributed by atoms with Crippen molar-refractivity contribution in [2.75, 3.05) is 26.2 Å². The molecule has 1 aliphatic rings. The summed E-state index contributed by atoms with van der Waals surface area (Å²) >= 11 is 3.36. The van der Waals surface area contributed by atoms with E-state index in [1.807, 2.05) is 12.1 Å². The zero-order chi connectivity index (χ0) is 11.4. The quantitative estimate of drug-likeness (QED) is 0.893. The van der Waals surface area contributed by atoms with Gasteiger partial charge < -0.3 is 5.32 Å². The normalized spacial score (nSPS) is 17.2. The van der Waals surface area contributed by atoms with Crippen LogP contribution in [-0.2, 0) is 11.2 Å². The first kappa shape index (κ1) is 11.5. The summed E-state index contributed by atoms with van der Waals surface area (Å²) in [4.78, 5) is 17.6. The van der Waals surface area contributed by atoms with E-state index in [1.165, 1.54) is 0 Å². The molecular formula is C11H14BrN3O. The summed E-state index contributed by atoms with van der Waals surface area (Å²) in [5.74, 6) is 0.120. The number of halogens is 1.